The molecular weight excluding hydrogens is 234 g/mol. The van der Waals surface area contributed by atoms with E-state index in [9.17, 15) is 9.90 Å². The number of hydrogen-bond acceptors (Lipinski definition) is 4. The molecule has 1 aromatic carbocycles. The van der Waals surface area contributed by atoms with Gasteiger partial charge in [-0.05, 0) is 12.1 Å². The molecule has 18 heavy (non-hydrogen) atoms. The zero-order valence-electron chi connectivity index (χ0n) is 10.5. The van der Waals surface area contributed by atoms with Gasteiger partial charge in [0.15, 0.2) is 0 Å². The molecule has 98 valence electrons. The van der Waals surface area contributed by atoms with E-state index in [1.807, 2.05) is 18.2 Å². The SMILES string of the molecule is COc1cccc(NC2(C(=O)O)CC(OC)C2)c1. The Hall–Kier alpha value is -1.75. The molecule has 0 spiro atoms. The lowest BCUT2D eigenvalue weighted by Gasteiger charge is -2.44. The molecular formula is C13H17NO4. The number of ether oxygens (including phenoxy) is 2. The van der Waals surface area contributed by atoms with Crippen molar-refractivity contribution in [2.24, 2.45) is 0 Å². The van der Waals surface area contributed by atoms with Crippen LogP contribution in [0, 0.1) is 0 Å². The van der Waals surface area contributed by atoms with E-state index in [0.29, 0.717) is 18.6 Å². The first kappa shape index (κ1) is 12.7. The third-order valence-electron chi connectivity index (χ3n) is 3.35. The highest BCUT2D eigenvalue weighted by atomic mass is 16.5. The van der Waals surface area contributed by atoms with Gasteiger partial charge in [-0.15, -0.1) is 0 Å². The predicted molar refractivity (Wildman–Crippen MR) is 67.0 cm³/mol. The summed E-state index contributed by atoms with van der Waals surface area (Å²) < 4.78 is 10.3. The van der Waals surface area contributed by atoms with Crippen molar-refractivity contribution in [3.05, 3.63) is 24.3 Å². The van der Waals surface area contributed by atoms with Crippen LogP contribution in [0.5, 0.6) is 5.75 Å². The van der Waals surface area contributed by atoms with Crippen molar-refractivity contribution in [1.29, 1.82) is 0 Å². The van der Waals surface area contributed by atoms with Gasteiger partial charge in [-0.2, -0.15) is 0 Å². The van der Waals surface area contributed by atoms with Crippen LogP contribution in [0.25, 0.3) is 0 Å². The Balaban J connectivity index is 2.12. The van der Waals surface area contributed by atoms with Crippen LogP contribution in [0.4, 0.5) is 5.69 Å². The number of methoxy groups -OCH3 is 2. The first-order valence-electron chi connectivity index (χ1n) is 5.78. The van der Waals surface area contributed by atoms with E-state index in [1.54, 1.807) is 20.3 Å². The van der Waals surface area contributed by atoms with Crippen molar-refractivity contribution in [3.8, 4) is 5.75 Å². The molecule has 1 aromatic rings. The van der Waals surface area contributed by atoms with Gasteiger partial charge in [0, 0.05) is 31.7 Å². The molecule has 1 saturated carbocycles. The molecule has 0 radical (unpaired) electrons. The summed E-state index contributed by atoms with van der Waals surface area (Å²) in [6.45, 7) is 0. The van der Waals surface area contributed by atoms with Crippen molar-refractivity contribution in [3.63, 3.8) is 0 Å². The van der Waals surface area contributed by atoms with Crippen LogP contribution in [-0.2, 0) is 9.53 Å². The lowest BCUT2D eigenvalue weighted by Crippen LogP contribution is -2.59. The fourth-order valence-corrected chi connectivity index (χ4v) is 2.19. The molecule has 0 saturated heterocycles. The van der Waals surface area contributed by atoms with Crippen molar-refractivity contribution in [1.82, 2.24) is 0 Å². The van der Waals surface area contributed by atoms with Gasteiger partial charge in [0.1, 0.15) is 11.3 Å². The minimum absolute atomic E-state index is 0.0132. The largest absolute Gasteiger partial charge is 0.497 e. The molecule has 2 N–H and O–H groups in total. The maximum atomic E-state index is 11.4. The van der Waals surface area contributed by atoms with Gasteiger partial charge in [-0.3, -0.25) is 0 Å². The van der Waals surface area contributed by atoms with E-state index >= 15 is 0 Å². The number of carbonyl (C=O) groups is 1. The van der Waals surface area contributed by atoms with Crippen molar-refractivity contribution >= 4 is 11.7 Å². The smallest absolute Gasteiger partial charge is 0.329 e. The standard InChI is InChI=1S/C13H17NO4/c1-17-10-5-3-4-9(6-10)14-13(12(15)16)7-11(8-13)18-2/h3-6,11,14H,7-8H2,1-2H3,(H,15,16). The Morgan fingerprint density at radius 1 is 1.44 bits per heavy atom. The molecule has 0 atom stereocenters. The highest BCUT2D eigenvalue weighted by Gasteiger charge is 2.51. The average Bonchev–Trinajstić information content (AvgIpc) is 2.33. The van der Waals surface area contributed by atoms with Gasteiger partial charge >= 0.3 is 5.97 Å². The van der Waals surface area contributed by atoms with Crippen LogP contribution >= 0.6 is 0 Å². The Kier molecular flexibility index (Phi) is 3.43. The molecule has 5 nitrogen and oxygen atoms in total. The molecule has 0 bridgehead atoms. The molecule has 0 aromatic heterocycles. The van der Waals surface area contributed by atoms with Crippen LogP contribution < -0.4 is 10.1 Å². The van der Waals surface area contributed by atoms with Gasteiger partial charge in [-0.1, -0.05) is 6.07 Å². The Morgan fingerprint density at radius 2 is 2.17 bits per heavy atom. The number of hydrogen-bond donors (Lipinski definition) is 2. The second-order valence-electron chi connectivity index (χ2n) is 4.51. The summed E-state index contributed by atoms with van der Waals surface area (Å²) in [5.74, 6) is -0.151. The zero-order valence-corrected chi connectivity index (χ0v) is 10.5. The first-order chi connectivity index (χ1) is 8.59. The lowest BCUT2D eigenvalue weighted by molar-refractivity contribution is -0.151. The summed E-state index contributed by atoms with van der Waals surface area (Å²) in [5, 5.41) is 12.4. The maximum absolute atomic E-state index is 11.4. The zero-order chi connectivity index (χ0) is 13.2. The quantitative estimate of drug-likeness (QED) is 0.834. The third-order valence-corrected chi connectivity index (χ3v) is 3.35. The summed E-state index contributed by atoms with van der Waals surface area (Å²) in [7, 11) is 3.18. The van der Waals surface area contributed by atoms with Crippen molar-refractivity contribution in [2.75, 3.05) is 19.5 Å². The van der Waals surface area contributed by atoms with Crippen LogP contribution in [0.3, 0.4) is 0 Å². The lowest BCUT2D eigenvalue weighted by atomic mass is 9.74. The Bertz CT molecular complexity index is 440. The molecule has 5 heteroatoms. The van der Waals surface area contributed by atoms with Crippen LogP contribution in [0.2, 0.25) is 0 Å². The molecule has 0 heterocycles. The second-order valence-corrected chi connectivity index (χ2v) is 4.51. The van der Waals surface area contributed by atoms with E-state index in [2.05, 4.69) is 5.32 Å². The highest BCUT2D eigenvalue weighted by molar-refractivity contribution is 5.84. The van der Waals surface area contributed by atoms with Crippen LogP contribution in [0.1, 0.15) is 12.8 Å². The number of nitrogens with one attached hydrogen (secondary N) is 1. The monoisotopic (exact) mass is 251 g/mol. The minimum atomic E-state index is -0.924. The maximum Gasteiger partial charge on any atom is 0.329 e. The number of carboxylic acid groups (broad SMARTS) is 1. The minimum Gasteiger partial charge on any atom is -0.497 e. The molecule has 0 amide bonds. The number of aliphatic carboxylic acids is 1. The van der Waals surface area contributed by atoms with Gasteiger partial charge in [0.2, 0.25) is 0 Å². The Morgan fingerprint density at radius 3 is 2.72 bits per heavy atom. The highest BCUT2D eigenvalue weighted by Crippen LogP contribution is 2.38. The van der Waals surface area contributed by atoms with E-state index in [0.717, 1.165) is 5.69 Å². The second kappa shape index (κ2) is 4.86. The van der Waals surface area contributed by atoms with Gasteiger partial charge in [0.25, 0.3) is 0 Å². The molecule has 1 fully saturated rings. The van der Waals surface area contributed by atoms with Gasteiger partial charge in [0.05, 0.1) is 13.2 Å². The summed E-state index contributed by atoms with van der Waals surface area (Å²) in [6, 6.07) is 7.25. The topological polar surface area (TPSA) is 67.8 Å². The van der Waals surface area contributed by atoms with Crippen molar-refractivity contribution < 1.29 is 19.4 Å². The first-order valence-corrected chi connectivity index (χ1v) is 5.78. The van der Waals surface area contributed by atoms with Crippen LogP contribution in [-0.4, -0.2) is 36.9 Å². The summed E-state index contributed by atoms with van der Waals surface area (Å²) in [6.07, 6.45) is 0.950. The molecule has 0 unspecified atom stereocenters. The molecule has 0 aliphatic heterocycles. The number of anilines is 1. The van der Waals surface area contributed by atoms with E-state index < -0.39 is 11.5 Å². The number of rotatable bonds is 5. The fourth-order valence-electron chi connectivity index (χ4n) is 2.19. The fraction of sp³-hybridized carbons (Fsp3) is 0.462. The van der Waals surface area contributed by atoms with Gasteiger partial charge < -0.3 is 19.9 Å². The van der Waals surface area contributed by atoms with Crippen LogP contribution in [0.15, 0.2) is 24.3 Å². The molecule has 1 aliphatic rings. The van der Waals surface area contributed by atoms with E-state index in [-0.39, 0.29) is 6.10 Å². The Labute approximate surface area is 106 Å². The third kappa shape index (κ3) is 2.26. The summed E-state index contributed by atoms with van der Waals surface area (Å²) in [4.78, 5) is 11.4. The van der Waals surface area contributed by atoms with E-state index in [1.165, 1.54) is 0 Å². The molecule has 2 rings (SSSR count). The van der Waals surface area contributed by atoms with Gasteiger partial charge in [-0.25, -0.2) is 4.79 Å². The average molecular weight is 251 g/mol. The number of benzene rings is 1. The summed E-state index contributed by atoms with van der Waals surface area (Å²) in [5.41, 5.74) is -0.182. The predicted octanol–water partition coefficient (Wildman–Crippen LogP) is 1.74. The van der Waals surface area contributed by atoms with Crippen molar-refractivity contribution in [2.45, 2.75) is 24.5 Å². The normalized spacial score (nSPS) is 26.2. The summed E-state index contributed by atoms with van der Waals surface area (Å²) >= 11 is 0. The van der Waals surface area contributed by atoms with E-state index in [4.69, 9.17) is 9.47 Å². The number of carboxylic acids is 1. The molecule has 1 aliphatic carbocycles.